The zero-order chi connectivity index (χ0) is 10.0. The van der Waals surface area contributed by atoms with Crippen LogP contribution in [0.1, 0.15) is 13.1 Å². The molecule has 7 nitrogen and oxygen atoms in total. The minimum Gasteiger partial charge on any atom is -0.390 e. The lowest BCUT2D eigenvalue weighted by molar-refractivity contribution is -0.389. The van der Waals surface area contributed by atoms with E-state index in [9.17, 15) is 10.1 Å². The maximum absolute atomic E-state index is 10.2. The van der Waals surface area contributed by atoms with Crippen LogP contribution in [0.3, 0.4) is 0 Å². The van der Waals surface area contributed by atoms with E-state index < -0.39 is 17.2 Å². The highest BCUT2D eigenvalue weighted by Crippen LogP contribution is 2.09. The Kier molecular flexibility index (Phi) is 2.59. The lowest BCUT2D eigenvalue weighted by atomic mass is 10.3. The Labute approximate surface area is 73.9 Å². The van der Waals surface area contributed by atoms with Crippen molar-refractivity contribution in [1.29, 1.82) is 0 Å². The van der Waals surface area contributed by atoms with Crippen LogP contribution >= 0.6 is 0 Å². The van der Waals surface area contributed by atoms with E-state index in [0.717, 1.165) is 4.68 Å². The lowest BCUT2D eigenvalue weighted by Gasteiger charge is -2.10. The predicted octanol–water partition coefficient (Wildman–Crippen LogP) is -0.371. The molecule has 1 aromatic rings. The monoisotopic (exact) mass is 186 g/mol. The van der Waals surface area contributed by atoms with Gasteiger partial charge in [-0.2, -0.15) is 4.68 Å². The number of aromatic nitrogens is 2. The normalized spacial score (nSPS) is 15.3. The summed E-state index contributed by atoms with van der Waals surface area (Å²) < 4.78 is 1.16. The fourth-order valence-corrected chi connectivity index (χ4v) is 0.812. The third kappa shape index (κ3) is 2.01. The highest BCUT2D eigenvalue weighted by Gasteiger charge is 2.18. The molecule has 3 N–H and O–H groups in total. The molecule has 72 valence electrons. The Bertz CT molecular complexity index is 309. The lowest BCUT2D eigenvalue weighted by Crippen LogP contribution is -2.29. The Morgan fingerprint density at radius 1 is 1.85 bits per heavy atom. The van der Waals surface area contributed by atoms with Crippen LogP contribution < -0.4 is 5.73 Å². The van der Waals surface area contributed by atoms with Gasteiger partial charge < -0.3 is 21.0 Å². The zero-order valence-corrected chi connectivity index (χ0v) is 6.99. The van der Waals surface area contributed by atoms with Gasteiger partial charge in [0, 0.05) is 0 Å². The Balaban J connectivity index is 2.85. The molecule has 0 aliphatic carbocycles. The van der Waals surface area contributed by atoms with Crippen molar-refractivity contribution in [2.75, 3.05) is 0 Å². The highest BCUT2D eigenvalue weighted by molar-refractivity contribution is 5.14. The maximum Gasteiger partial charge on any atom is 0.389 e. The summed E-state index contributed by atoms with van der Waals surface area (Å²) in [4.78, 5) is 9.61. The second-order valence-electron chi connectivity index (χ2n) is 2.64. The van der Waals surface area contributed by atoms with Crippen LogP contribution in [0.25, 0.3) is 0 Å². The fourth-order valence-electron chi connectivity index (χ4n) is 0.812. The van der Waals surface area contributed by atoms with Crippen molar-refractivity contribution in [2.45, 2.75) is 19.2 Å². The zero-order valence-electron chi connectivity index (χ0n) is 6.99. The van der Waals surface area contributed by atoms with Gasteiger partial charge in [-0.05, 0) is 11.8 Å². The van der Waals surface area contributed by atoms with Gasteiger partial charge in [0.25, 0.3) is 0 Å². The Morgan fingerprint density at radius 3 is 2.85 bits per heavy atom. The third-order valence-electron chi connectivity index (χ3n) is 1.58. The molecule has 1 rings (SSSR count). The van der Waals surface area contributed by atoms with Gasteiger partial charge in [-0.25, -0.2) is 0 Å². The summed E-state index contributed by atoms with van der Waals surface area (Å²) in [6.45, 7) is 1.48. The first-order valence-corrected chi connectivity index (χ1v) is 3.65. The number of hydrogen-bond donors (Lipinski definition) is 2. The van der Waals surface area contributed by atoms with Crippen molar-refractivity contribution < 1.29 is 10.0 Å². The molecular formula is C6H10N4O3. The van der Waals surface area contributed by atoms with Crippen LogP contribution in [0.15, 0.2) is 12.3 Å². The smallest absolute Gasteiger partial charge is 0.389 e. The van der Waals surface area contributed by atoms with Crippen LogP contribution in [0.5, 0.6) is 0 Å². The standard InChI is InChI=1S/C6H10N4O3/c1-4(11)6(7)9-3-2-5(8-9)10(12)13/h2-4,6,11H,7H2,1H3. The summed E-state index contributed by atoms with van der Waals surface area (Å²) >= 11 is 0. The molecule has 0 aliphatic rings. The van der Waals surface area contributed by atoms with Gasteiger partial charge in [0.2, 0.25) is 0 Å². The van der Waals surface area contributed by atoms with Crippen LogP contribution in [0.4, 0.5) is 5.82 Å². The molecule has 0 bridgehead atoms. The minimum absolute atomic E-state index is 0.281. The third-order valence-corrected chi connectivity index (χ3v) is 1.58. The number of rotatable bonds is 3. The van der Waals surface area contributed by atoms with Gasteiger partial charge in [-0.3, -0.25) is 0 Å². The van der Waals surface area contributed by atoms with E-state index in [0.29, 0.717) is 0 Å². The first-order valence-electron chi connectivity index (χ1n) is 3.65. The molecule has 2 atom stereocenters. The average Bonchev–Trinajstić information content (AvgIpc) is 2.50. The van der Waals surface area contributed by atoms with Crippen LogP contribution in [0, 0.1) is 10.1 Å². The maximum atomic E-state index is 10.2. The predicted molar refractivity (Wildman–Crippen MR) is 43.8 cm³/mol. The fraction of sp³-hybridized carbons (Fsp3) is 0.500. The van der Waals surface area contributed by atoms with Gasteiger partial charge in [0.15, 0.2) is 0 Å². The molecule has 0 aromatic carbocycles. The number of nitrogens with two attached hydrogens (primary N) is 1. The summed E-state index contributed by atoms with van der Waals surface area (Å²) in [6.07, 6.45) is -0.205. The molecule has 2 unspecified atom stereocenters. The number of hydrogen-bond acceptors (Lipinski definition) is 5. The van der Waals surface area contributed by atoms with Crippen molar-refractivity contribution in [3.8, 4) is 0 Å². The van der Waals surface area contributed by atoms with E-state index in [4.69, 9.17) is 10.8 Å². The molecule has 0 saturated heterocycles. The number of aliphatic hydroxyl groups excluding tert-OH is 1. The molecule has 0 amide bonds. The van der Waals surface area contributed by atoms with E-state index in [1.807, 2.05) is 0 Å². The Morgan fingerprint density at radius 2 is 2.46 bits per heavy atom. The van der Waals surface area contributed by atoms with E-state index in [-0.39, 0.29) is 5.82 Å². The molecule has 0 fully saturated rings. The van der Waals surface area contributed by atoms with Gasteiger partial charge in [0.1, 0.15) is 6.17 Å². The van der Waals surface area contributed by atoms with Crippen LogP contribution in [-0.2, 0) is 0 Å². The first-order chi connectivity index (χ1) is 6.02. The second-order valence-corrected chi connectivity index (χ2v) is 2.64. The van der Waals surface area contributed by atoms with E-state index in [1.54, 1.807) is 0 Å². The van der Waals surface area contributed by atoms with Gasteiger partial charge >= 0.3 is 5.82 Å². The van der Waals surface area contributed by atoms with Crippen molar-refractivity contribution in [2.24, 2.45) is 5.73 Å². The molecule has 0 radical (unpaired) electrons. The molecule has 1 heterocycles. The van der Waals surface area contributed by atoms with Crippen molar-refractivity contribution in [3.63, 3.8) is 0 Å². The number of aliphatic hydroxyl groups is 1. The molecule has 0 aliphatic heterocycles. The quantitative estimate of drug-likeness (QED) is 0.494. The van der Waals surface area contributed by atoms with Crippen LogP contribution in [-0.4, -0.2) is 25.9 Å². The SMILES string of the molecule is CC(O)C(N)n1ccc([N+](=O)[O-])n1. The first kappa shape index (κ1) is 9.62. The molecule has 13 heavy (non-hydrogen) atoms. The van der Waals surface area contributed by atoms with E-state index >= 15 is 0 Å². The summed E-state index contributed by atoms with van der Waals surface area (Å²) in [5.41, 5.74) is 5.48. The number of nitrogens with zero attached hydrogens (tertiary/aromatic N) is 3. The van der Waals surface area contributed by atoms with E-state index in [1.165, 1.54) is 19.2 Å². The molecule has 0 spiro atoms. The van der Waals surface area contributed by atoms with Crippen molar-refractivity contribution >= 4 is 5.82 Å². The minimum atomic E-state index is -0.806. The topological polar surface area (TPSA) is 107 Å². The Hall–Kier alpha value is -1.47. The van der Waals surface area contributed by atoms with Crippen LogP contribution in [0.2, 0.25) is 0 Å². The van der Waals surface area contributed by atoms with Crippen molar-refractivity contribution in [1.82, 2.24) is 9.78 Å². The average molecular weight is 186 g/mol. The number of nitro groups is 1. The molecular weight excluding hydrogens is 176 g/mol. The largest absolute Gasteiger partial charge is 0.390 e. The summed E-state index contributed by atoms with van der Waals surface area (Å²) in [5.74, 6) is -0.281. The highest BCUT2D eigenvalue weighted by atomic mass is 16.6. The summed E-state index contributed by atoms with van der Waals surface area (Å²) in [5, 5.41) is 22.9. The second kappa shape index (κ2) is 3.50. The van der Waals surface area contributed by atoms with Gasteiger partial charge in [0.05, 0.1) is 23.5 Å². The summed E-state index contributed by atoms with van der Waals surface area (Å²) in [6, 6.07) is 1.22. The van der Waals surface area contributed by atoms with E-state index in [2.05, 4.69) is 5.10 Å². The van der Waals surface area contributed by atoms with Gasteiger partial charge in [-0.15, -0.1) is 0 Å². The van der Waals surface area contributed by atoms with Crippen molar-refractivity contribution in [3.05, 3.63) is 22.4 Å². The molecule has 1 aromatic heterocycles. The molecule has 0 saturated carbocycles. The molecule has 7 heteroatoms. The van der Waals surface area contributed by atoms with Gasteiger partial charge in [-0.1, -0.05) is 0 Å². The summed E-state index contributed by atoms with van der Waals surface area (Å²) in [7, 11) is 0.